The van der Waals surface area contributed by atoms with E-state index in [4.69, 9.17) is 0 Å². The van der Waals surface area contributed by atoms with Crippen molar-refractivity contribution in [3.05, 3.63) is 20.8 Å². The van der Waals surface area contributed by atoms with Crippen LogP contribution in [0.5, 0.6) is 0 Å². The molecule has 1 amide bonds. The fraction of sp³-hybridized carbons (Fsp3) is 0.400. The Morgan fingerprint density at radius 1 is 1.60 bits per heavy atom. The number of ketones is 1. The van der Waals surface area contributed by atoms with Gasteiger partial charge in [0.25, 0.3) is 5.91 Å². The Labute approximate surface area is 101 Å². The molecule has 0 aliphatic heterocycles. The zero-order valence-corrected chi connectivity index (χ0v) is 10.9. The quantitative estimate of drug-likeness (QED) is 0.926. The summed E-state index contributed by atoms with van der Waals surface area (Å²) in [4.78, 5) is 23.6. The molecule has 0 saturated heterocycles. The molecule has 1 atom stereocenters. The minimum Gasteiger partial charge on any atom is -0.342 e. The first-order valence-electron chi connectivity index (χ1n) is 4.62. The maximum atomic E-state index is 11.7. The summed E-state index contributed by atoms with van der Waals surface area (Å²) in [6.07, 6.45) is 0.438. The van der Waals surface area contributed by atoms with Crippen LogP contribution in [0.15, 0.2) is 15.9 Å². The fourth-order valence-electron chi connectivity index (χ4n) is 1.10. The zero-order valence-electron chi connectivity index (χ0n) is 8.54. The lowest BCUT2D eigenvalue weighted by molar-refractivity contribution is -0.120. The lowest BCUT2D eigenvalue weighted by Gasteiger charge is -2.10. The van der Waals surface area contributed by atoms with E-state index in [1.165, 1.54) is 11.3 Å². The molecular formula is C10H12BrNO2S. The van der Waals surface area contributed by atoms with E-state index < -0.39 is 6.04 Å². The summed E-state index contributed by atoms with van der Waals surface area (Å²) in [5.74, 6) is -0.165. The molecule has 1 aromatic rings. The average molecular weight is 290 g/mol. The molecule has 1 rings (SSSR count). The van der Waals surface area contributed by atoms with Crippen LogP contribution in [0.3, 0.4) is 0 Å². The van der Waals surface area contributed by atoms with E-state index >= 15 is 0 Å². The Balaban J connectivity index is 2.64. The zero-order chi connectivity index (χ0) is 11.4. The second-order valence-electron chi connectivity index (χ2n) is 3.11. The molecule has 1 aromatic heterocycles. The number of halogens is 1. The maximum Gasteiger partial charge on any atom is 0.263 e. The molecule has 1 unspecified atom stereocenters. The standard InChI is InChI=1S/C10H12BrNO2S/c1-3-8(13)6(2)12-10(14)9-7(11)4-5-15-9/h4-6H,3H2,1-2H3,(H,12,14). The van der Waals surface area contributed by atoms with Crippen molar-refractivity contribution in [2.45, 2.75) is 26.3 Å². The number of carbonyl (C=O) groups excluding carboxylic acids is 2. The molecule has 0 aliphatic carbocycles. The van der Waals surface area contributed by atoms with Crippen molar-refractivity contribution in [1.29, 1.82) is 0 Å². The molecule has 0 bridgehead atoms. The van der Waals surface area contributed by atoms with Crippen LogP contribution in [0.1, 0.15) is 29.9 Å². The number of hydrogen-bond donors (Lipinski definition) is 1. The third-order valence-electron chi connectivity index (χ3n) is 2.00. The van der Waals surface area contributed by atoms with Crippen LogP contribution < -0.4 is 5.32 Å². The Bertz CT molecular complexity index is 375. The van der Waals surface area contributed by atoms with Crippen molar-refractivity contribution in [3.63, 3.8) is 0 Å². The average Bonchev–Trinajstić information content (AvgIpc) is 2.63. The van der Waals surface area contributed by atoms with Crippen LogP contribution in [0.2, 0.25) is 0 Å². The lowest BCUT2D eigenvalue weighted by Crippen LogP contribution is -2.37. The summed E-state index contributed by atoms with van der Waals surface area (Å²) in [6, 6.07) is 1.39. The summed E-state index contributed by atoms with van der Waals surface area (Å²) >= 11 is 4.62. The van der Waals surface area contributed by atoms with Crippen molar-refractivity contribution in [1.82, 2.24) is 5.32 Å². The number of nitrogens with one attached hydrogen (secondary N) is 1. The van der Waals surface area contributed by atoms with E-state index in [9.17, 15) is 9.59 Å². The SMILES string of the molecule is CCC(=O)C(C)NC(=O)c1sccc1Br. The van der Waals surface area contributed by atoms with E-state index in [1.54, 1.807) is 13.8 Å². The minimum atomic E-state index is -0.420. The number of hydrogen-bond acceptors (Lipinski definition) is 3. The van der Waals surface area contributed by atoms with Crippen molar-refractivity contribution in [3.8, 4) is 0 Å². The van der Waals surface area contributed by atoms with Gasteiger partial charge >= 0.3 is 0 Å². The second-order valence-corrected chi connectivity index (χ2v) is 4.88. The molecule has 0 spiro atoms. The number of Topliss-reactive ketones (excluding diaryl/α,β-unsaturated/α-hetero) is 1. The van der Waals surface area contributed by atoms with Gasteiger partial charge in [0.05, 0.1) is 6.04 Å². The van der Waals surface area contributed by atoms with Crippen molar-refractivity contribution >= 4 is 39.0 Å². The molecule has 0 fully saturated rings. The number of rotatable bonds is 4. The van der Waals surface area contributed by atoms with Crippen LogP contribution in [0.4, 0.5) is 0 Å². The van der Waals surface area contributed by atoms with Gasteiger partial charge in [-0.05, 0) is 34.3 Å². The lowest BCUT2D eigenvalue weighted by atomic mass is 10.2. The van der Waals surface area contributed by atoms with Crippen LogP contribution in [-0.4, -0.2) is 17.7 Å². The highest BCUT2D eigenvalue weighted by atomic mass is 79.9. The molecule has 0 aromatic carbocycles. The Hall–Kier alpha value is -0.680. The highest BCUT2D eigenvalue weighted by Crippen LogP contribution is 2.22. The number of amides is 1. The van der Waals surface area contributed by atoms with Crippen LogP contribution in [-0.2, 0) is 4.79 Å². The van der Waals surface area contributed by atoms with Crippen LogP contribution >= 0.6 is 27.3 Å². The summed E-state index contributed by atoms with van der Waals surface area (Å²) in [6.45, 7) is 3.48. The molecule has 0 aliphatic rings. The van der Waals surface area contributed by atoms with Crippen LogP contribution in [0.25, 0.3) is 0 Å². The highest BCUT2D eigenvalue weighted by Gasteiger charge is 2.17. The fourth-order valence-corrected chi connectivity index (χ4v) is 2.56. The van der Waals surface area contributed by atoms with Gasteiger partial charge in [0, 0.05) is 10.9 Å². The van der Waals surface area contributed by atoms with E-state index in [1.807, 2.05) is 11.4 Å². The molecule has 1 heterocycles. The van der Waals surface area contributed by atoms with E-state index in [0.29, 0.717) is 11.3 Å². The van der Waals surface area contributed by atoms with Crippen LogP contribution in [0, 0.1) is 0 Å². The largest absolute Gasteiger partial charge is 0.342 e. The van der Waals surface area contributed by atoms with Crippen molar-refractivity contribution in [2.24, 2.45) is 0 Å². The Morgan fingerprint density at radius 3 is 2.73 bits per heavy atom. The summed E-state index contributed by atoms with van der Waals surface area (Å²) in [5.41, 5.74) is 0. The molecule has 1 N–H and O–H groups in total. The third-order valence-corrected chi connectivity index (χ3v) is 3.84. The number of carbonyl (C=O) groups is 2. The second kappa shape index (κ2) is 5.42. The van der Waals surface area contributed by atoms with E-state index in [0.717, 1.165) is 4.47 Å². The predicted octanol–water partition coefficient (Wildman–Crippen LogP) is 2.61. The summed E-state index contributed by atoms with van der Waals surface area (Å²) < 4.78 is 0.765. The first-order valence-corrected chi connectivity index (χ1v) is 6.30. The molecule has 5 heteroatoms. The predicted molar refractivity (Wildman–Crippen MR) is 64.2 cm³/mol. The van der Waals surface area contributed by atoms with Gasteiger partial charge in [-0.3, -0.25) is 9.59 Å². The minimum absolute atomic E-state index is 0.0380. The molecule has 0 radical (unpaired) electrons. The summed E-state index contributed by atoms with van der Waals surface area (Å²) in [5, 5.41) is 4.49. The molecular weight excluding hydrogens is 278 g/mol. The molecule has 3 nitrogen and oxygen atoms in total. The topological polar surface area (TPSA) is 46.2 Å². The van der Waals surface area contributed by atoms with E-state index in [2.05, 4.69) is 21.2 Å². The highest BCUT2D eigenvalue weighted by molar-refractivity contribution is 9.10. The van der Waals surface area contributed by atoms with Crippen molar-refractivity contribution < 1.29 is 9.59 Å². The number of thiophene rings is 1. The Morgan fingerprint density at radius 2 is 2.27 bits per heavy atom. The van der Waals surface area contributed by atoms with Gasteiger partial charge in [-0.15, -0.1) is 11.3 Å². The molecule has 82 valence electrons. The first-order chi connectivity index (χ1) is 7.06. The molecule has 15 heavy (non-hydrogen) atoms. The van der Waals surface area contributed by atoms with Gasteiger partial charge in [0.1, 0.15) is 4.88 Å². The van der Waals surface area contributed by atoms with E-state index in [-0.39, 0.29) is 11.7 Å². The monoisotopic (exact) mass is 289 g/mol. The normalized spacial score (nSPS) is 12.2. The molecule has 0 saturated carbocycles. The maximum absolute atomic E-state index is 11.7. The summed E-state index contributed by atoms with van der Waals surface area (Å²) in [7, 11) is 0. The smallest absolute Gasteiger partial charge is 0.263 e. The van der Waals surface area contributed by atoms with Crippen molar-refractivity contribution in [2.75, 3.05) is 0 Å². The van der Waals surface area contributed by atoms with Gasteiger partial charge in [0.15, 0.2) is 5.78 Å². The van der Waals surface area contributed by atoms with Gasteiger partial charge in [-0.25, -0.2) is 0 Å². The van der Waals surface area contributed by atoms with Gasteiger partial charge in [-0.2, -0.15) is 0 Å². The Kier molecular flexibility index (Phi) is 4.47. The first kappa shape index (κ1) is 12.4. The third kappa shape index (κ3) is 3.14. The van der Waals surface area contributed by atoms with Gasteiger partial charge in [0.2, 0.25) is 0 Å². The van der Waals surface area contributed by atoms with Gasteiger partial charge in [-0.1, -0.05) is 6.92 Å². The van der Waals surface area contributed by atoms with Gasteiger partial charge < -0.3 is 5.32 Å².